The summed E-state index contributed by atoms with van der Waals surface area (Å²) in [6.45, 7) is 2.78. The summed E-state index contributed by atoms with van der Waals surface area (Å²) in [5.41, 5.74) is 5.21. The third-order valence-electron chi connectivity index (χ3n) is 4.10. The molecule has 1 aromatic rings. The molecule has 1 aliphatic heterocycles. The second kappa shape index (κ2) is 7.24. The van der Waals surface area contributed by atoms with Gasteiger partial charge in [-0.05, 0) is 37.5 Å². The predicted molar refractivity (Wildman–Crippen MR) is 83.2 cm³/mol. The van der Waals surface area contributed by atoms with E-state index in [4.69, 9.17) is 5.73 Å². The van der Waals surface area contributed by atoms with E-state index in [1.807, 2.05) is 4.90 Å². The molecule has 5 nitrogen and oxygen atoms in total. The minimum absolute atomic E-state index is 0.181. The quantitative estimate of drug-likeness (QED) is 0.900. The Kier molecular flexibility index (Phi) is 5.35. The molecule has 2 rings (SSSR count). The van der Waals surface area contributed by atoms with Crippen LogP contribution < -0.4 is 11.1 Å². The number of likely N-dealkylation sites (tertiary alicyclic amines) is 1. The number of nitrogens with zero attached hydrogens (tertiary/aromatic N) is 1. The molecule has 1 aromatic carbocycles. The van der Waals surface area contributed by atoms with Gasteiger partial charge in [0.25, 0.3) is 5.91 Å². The second-order valence-electron chi connectivity index (χ2n) is 5.59. The van der Waals surface area contributed by atoms with Gasteiger partial charge in [0.15, 0.2) is 0 Å². The Bertz CT molecular complexity index is 562. The van der Waals surface area contributed by atoms with Gasteiger partial charge in [-0.15, -0.1) is 0 Å². The van der Waals surface area contributed by atoms with Crippen LogP contribution in [0.5, 0.6) is 0 Å². The van der Waals surface area contributed by atoms with E-state index >= 15 is 0 Å². The Morgan fingerprint density at radius 2 is 2.14 bits per heavy atom. The van der Waals surface area contributed by atoms with Crippen molar-refractivity contribution in [1.29, 1.82) is 0 Å². The first-order chi connectivity index (χ1) is 10.5. The van der Waals surface area contributed by atoms with E-state index in [9.17, 15) is 14.0 Å². The summed E-state index contributed by atoms with van der Waals surface area (Å²) in [7, 11) is 0. The number of nitrogens with one attached hydrogen (secondary N) is 1. The Balaban J connectivity index is 2.10. The van der Waals surface area contributed by atoms with E-state index in [0.29, 0.717) is 12.2 Å². The van der Waals surface area contributed by atoms with Crippen LogP contribution in [0.1, 0.15) is 49.4 Å². The van der Waals surface area contributed by atoms with Crippen molar-refractivity contribution in [2.75, 3.05) is 11.9 Å². The van der Waals surface area contributed by atoms with E-state index in [2.05, 4.69) is 12.2 Å². The smallest absolute Gasteiger partial charge is 0.322 e. The molecule has 0 bridgehead atoms. The fraction of sp³-hybridized carbons (Fsp3) is 0.500. The van der Waals surface area contributed by atoms with E-state index in [-0.39, 0.29) is 17.6 Å². The minimum atomic E-state index is -0.825. The van der Waals surface area contributed by atoms with Crippen molar-refractivity contribution in [3.8, 4) is 0 Å². The lowest BCUT2D eigenvalue weighted by atomic mass is 10.1. The molecular formula is C16H22FN3O2. The summed E-state index contributed by atoms with van der Waals surface area (Å²) in [4.78, 5) is 25.3. The highest BCUT2D eigenvalue weighted by Gasteiger charge is 2.24. The average Bonchev–Trinajstić information content (AvgIpc) is 2.72. The molecule has 1 fully saturated rings. The number of anilines is 1. The Hall–Kier alpha value is -2.11. The molecular weight excluding hydrogens is 285 g/mol. The van der Waals surface area contributed by atoms with Gasteiger partial charge in [-0.2, -0.15) is 0 Å². The van der Waals surface area contributed by atoms with Crippen LogP contribution in [0.4, 0.5) is 14.9 Å². The lowest BCUT2D eigenvalue weighted by molar-refractivity contribution is 0.0996. The van der Waals surface area contributed by atoms with Crippen LogP contribution in [0, 0.1) is 5.82 Å². The van der Waals surface area contributed by atoms with Gasteiger partial charge in [0, 0.05) is 18.3 Å². The van der Waals surface area contributed by atoms with Gasteiger partial charge in [0.1, 0.15) is 5.82 Å². The first-order valence-corrected chi connectivity index (χ1v) is 7.70. The maximum Gasteiger partial charge on any atom is 0.322 e. The molecule has 0 unspecified atom stereocenters. The maximum absolute atomic E-state index is 13.7. The monoisotopic (exact) mass is 307 g/mol. The third kappa shape index (κ3) is 3.75. The molecule has 0 radical (unpaired) electrons. The van der Waals surface area contributed by atoms with E-state index < -0.39 is 11.7 Å². The van der Waals surface area contributed by atoms with Crippen molar-refractivity contribution in [3.63, 3.8) is 0 Å². The Morgan fingerprint density at radius 1 is 1.36 bits per heavy atom. The number of carbonyl (C=O) groups excluding carboxylic acids is 2. The van der Waals surface area contributed by atoms with Gasteiger partial charge in [-0.3, -0.25) is 4.79 Å². The van der Waals surface area contributed by atoms with E-state index in [0.717, 1.165) is 38.2 Å². The van der Waals surface area contributed by atoms with Gasteiger partial charge in [-0.25, -0.2) is 9.18 Å². The minimum Gasteiger partial charge on any atom is -0.366 e. The van der Waals surface area contributed by atoms with Gasteiger partial charge < -0.3 is 16.0 Å². The van der Waals surface area contributed by atoms with E-state index in [1.54, 1.807) is 0 Å². The molecule has 1 atom stereocenters. The van der Waals surface area contributed by atoms with Crippen molar-refractivity contribution in [1.82, 2.24) is 4.90 Å². The molecule has 0 aromatic heterocycles. The summed E-state index contributed by atoms with van der Waals surface area (Å²) < 4.78 is 13.7. The number of nitrogens with two attached hydrogens (primary N) is 1. The molecule has 120 valence electrons. The number of amides is 3. The molecule has 1 heterocycles. The number of halogens is 1. The summed E-state index contributed by atoms with van der Waals surface area (Å²) in [5.74, 6) is -1.55. The van der Waals surface area contributed by atoms with Gasteiger partial charge in [0.05, 0.1) is 5.56 Å². The topological polar surface area (TPSA) is 75.4 Å². The summed E-state index contributed by atoms with van der Waals surface area (Å²) in [6.07, 6.45) is 5.15. The third-order valence-corrected chi connectivity index (χ3v) is 4.10. The summed E-state index contributed by atoms with van der Waals surface area (Å²) in [5, 5.41) is 2.71. The summed E-state index contributed by atoms with van der Waals surface area (Å²) in [6, 6.07) is 3.89. The number of carbonyl (C=O) groups is 2. The first-order valence-electron chi connectivity index (χ1n) is 7.70. The number of benzene rings is 1. The predicted octanol–water partition coefficient (Wildman–Crippen LogP) is 3.11. The fourth-order valence-electron chi connectivity index (χ4n) is 2.86. The zero-order valence-electron chi connectivity index (χ0n) is 12.8. The van der Waals surface area contributed by atoms with Crippen molar-refractivity contribution in [2.24, 2.45) is 5.73 Å². The highest BCUT2D eigenvalue weighted by molar-refractivity contribution is 5.94. The fourth-order valence-corrected chi connectivity index (χ4v) is 2.86. The Labute approximate surface area is 129 Å². The van der Waals surface area contributed by atoms with Crippen LogP contribution in [-0.4, -0.2) is 29.4 Å². The van der Waals surface area contributed by atoms with Crippen LogP contribution in [-0.2, 0) is 0 Å². The number of hydrogen-bond acceptors (Lipinski definition) is 2. The highest BCUT2D eigenvalue weighted by atomic mass is 19.1. The summed E-state index contributed by atoms with van der Waals surface area (Å²) >= 11 is 0. The Morgan fingerprint density at radius 3 is 2.77 bits per heavy atom. The molecule has 6 heteroatoms. The number of primary amides is 1. The highest BCUT2D eigenvalue weighted by Crippen LogP contribution is 2.21. The van der Waals surface area contributed by atoms with Crippen LogP contribution in [0.25, 0.3) is 0 Å². The lowest BCUT2D eigenvalue weighted by Gasteiger charge is -2.29. The van der Waals surface area contributed by atoms with Crippen LogP contribution >= 0.6 is 0 Å². The van der Waals surface area contributed by atoms with Gasteiger partial charge in [0.2, 0.25) is 0 Å². The maximum atomic E-state index is 13.7. The van der Waals surface area contributed by atoms with Crippen molar-refractivity contribution >= 4 is 17.6 Å². The lowest BCUT2D eigenvalue weighted by Crippen LogP contribution is -2.42. The number of hydrogen-bond donors (Lipinski definition) is 2. The molecule has 0 saturated carbocycles. The zero-order valence-corrected chi connectivity index (χ0v) is 12.8. The zero-order chi connectivity index (χ0) is 16.1. The molecule has 1 aliphatic rings. The van der Waals surface area contributed by atoms with Gasteiger partial charge in [-0.1, -0.05) is 19.8 Å². The first kappa shape index (κ1) is 16.3. The second-order valence-corrected chi connectivity index (χ2v) is 5.59. The molecule has 3 N–H and O–H groups in total. The molecule has 1 saturated heterocycles. The number of urea groups is 1. The molecule has 3 amide bonds. The van der Waals surface area contributed by atoms with Crippen molar-refractivity contribution in [2.45, 2.75) is 45.1 Å². The normalized spacial score (nSPS) is 18.6. The van der Waals surface area contributed by atoms with Crippen LogP contribution in [0.2, 0.25) is 0 Å². The van der Waals surface area contributed by atoms with E-state index in [1.165, 1.54) is 12.1 Å². The van der Waals surface area contributed by atoms with Crippen molar-refractivity contribution in [3.05, 3.63) is 29.6 Å². The largest absolute Gasteiger partial charge is 0.366 e. The molecule has 0 spiro atoms. The van der Waals surface area contributed by atoms with Crippen LogP contribution in [0.15, 0.2) is 18.2 Å². The van der Waals surface area contributed by atoms with Crippen molar-refractivity contribution < 1.29 is 14.0 Å². The standard InChI is InChI=1S/C16H22FN3O2/c1-2-12-6-4-3-5-9-20(12)16(22)19-11-7-8-13(15(18)21)14(17)10-11/h7-8,10,12H,2-6,9H2,1H3,(H2,18,21)(H,19,22)/t12-/m1/s1. The van der Waals surface area contributed by atoms with Gasteiger partial charge >= 0.3 is 6.03 Å². The number of rotatable bonds is 3. The molecule has 0 aliphatic carbocycles. The van der Waals surface area contributed by atoms with Crippen LogP contribution in [0.3, 0.4) is 0 Å². The molecule has 22 heavy (non-hydrogen) atoms. The average molecular weight is 307 g/mol. The SMILES string of the molecule is CC[C@@H]1CCCCCN1C(=O)Nc1ccc(C(N)=O)c(F)c1.